The number of benzene rings is 1. The van der Waals surface area contributed by atoms with Crippen molar-refractivity contribution in [1.82, 2.24) is 15.1 Å². The summed E-state index contributed by atoms with van der Waals surface area (Å²) in [6.45, 7) is 3.45. The third-order valence-corrected chi connectivity index (χ3v) is 4.74. The van der Waals surface area contributed by atoms with Crippen LogP contribution in [0.1, 0.15) is 16.8 Å². The van der Waals surface area contributed by atoms with Crippen LogP contribution in [0, 0.1) is 5.95 Å². The first-order valence-electron chi connectivity index (χ1n) is 8.51. The molecule has 140 valence electrons. The highest BCUT2D eigenvalue weighted by atomic mass is 19.2. The Morgan fingerprint density at radius 2 is 2.04 bits per heavy atom. The summed E-state index contributed by atoms with van der Waals surface area (Å²) >= 11 is 0. The predicted octanol–water partition coefficient (Wildman–Crippen LogP) is 1.92. The maximum absolute atomic E-state index is 14.3. The Hall–Kier alpha value is -3.07. The number of anilines is 1. The van der Waals surface area contributed by atoms with Gasteiger partial charge in [0.25, 0.3) is 0 Å². The molecule has 0 saturated carbocycles. The van der Waals surface area contributed by atoms with Crippen molar-refractivity contribution >= 4 is 33.6 Å². The zero-order valence-electron chi connectivity index (χ0n) is 14.2. The quantitative estimate of drug-likeness (QED) is 0.526. The summed E-state index contributed by atoms with van der Waals surface area (Å²) in [6.07, 6.45) is 0.983. The number of nitrogens with zero attached hydrogens (tertiary/aromatic N) is 3. The first-order valence-corrected chi connectivity index (χ1v) is 8.51. The lowest BCUT2D eigenvalue weighted by Gasteiger charge is -2.22. The Bertz CT molecular complexity index is 1120. The van der Waals surface area contributed by atoms with Gasteiger partial charge in [0.05, 0.1) is 10.9 Å². The Kier molecular flexibility index (Phi) is 4.23. The SMILES string of the molecule is O=C(O)c1c(F)n(F)c2nc3cc(N4CCCNCC4)ccc3cc2c1=O. The van der Waals surface area contributed by atoms with Gasteiger partial charge in [-0.2, -0.15) is 4.39 Å². The van der Waals surface area contributed by atoms with E-state index in [2.05, 4.69) is 15.2 Å². The minimum absolute atomic E-state index is 0.282. The van der Waals surface area contributed by atoms with Crippen molar-refractivity contribution in [2.45, 2.75) is 6.42 Å². The maximum atomic E-state index is 14.3. The molecule has 0 bridgehead atoms. The zero-order chi connectivity index (χ0) is 19.1. The minimum Gasteiger partial charge on any atom is -0.477 e. The fraction of sp³-hybridized carbons (Fsp3) is 0.278. The fourth-order valence-corrected chi connectivity index (χ4v) is 3.37. The average Bonchev–Trinajstić information content (AvgIpc) is 2.94. The van der Waals surface area contributed by atoms with Crippen molar-refractivity contribution in [3.63, 3.8) is 0 Å². The Balaban J connectivity index is 1.92. The molecule has 1 fully saturated rings. The largest absolute Gasteiger partial charge is 0.477 e. The molecule has 3 heterocycles. The molecule has 0 unspecified atom stereocenters. The van der Waals surface area contributed by atoms with E-state index in [1.807, 2.05) is 6.07 Å². The van der Waals surface area contributed by atoms with Gasteiger partial charge in [-0.1, -0.05) is 10.5 Å². The molecular weight excluding hydrogens is 358 g/mol. The number of hydrogen-bond acceptors (Lipinski definition) is 5. The number of nitrogens with one attached hydrogen (secondary N) is 1. The van der Waals surface area contributed by atoms with Crippen LogP contribution in [0.3, 0.4) is 0 Å². The highest BCUT2D eigenvalue weighted by Crippen LogP contribution is 2.25. The van der Waals surface area contributed by atoms with Crippen LogP contribution in [-0.2, 0) is 0 Å². The lowest BCUT2D eigenvalue weighted by molar-refractivity contribution is 0.0685. The number of aromatic nitrogens is 2. The van der Waals surface area contributed by atoms with Gasteiger partial charge in [-0.15, -0.1) is 4.79 Å². The van der Waals surface area contributed by atoms with E-state index >= 15 is 0 Å². The van der Waals surface area contributed by atoms with Gasteiger partial charge in [0.1, 0.15) is 0 Å². The molecule has 0 aliphatic carbocycles. The van der Waals surface area contributed by atoms with E-state index < -0.39 is 33.3 Å². The summed E-state index contributed by atoms with van der Waals surface area (Å²) in [5, 5.41) is 12.6. The molecule has 2 aromatic heterocycles. The minimum atomic E-state index is -1.82. The van der Waals surface area contributed by atoms with Gasteiger partial charge in [0, 0.05) is 30.7 Å². The van der Waals surface area contributed by atoms with Gasteiger partial charge in [0.2, 0.25) is 11.4 Å². The first-order chi connectivity index (χ1) is 13.0. The summed E-state index contributed by atoms with van der Waals surface area (Å²) in [6, 6.07) is 6.71. The first kappa shape index (κ1) is 17.3. The third-order valence-electron chi connectivity index (χ3n) is 4.74. The van der Waals surface area contributed by atoms with Gasteiger partial charge in [-0.3, -0.25) is 4.79 Å². The number of fused-ring (bicyclic) bond motifs is 2. The normalized spacial score (nSPS) is 15.3. The summed E-state index contributed by atoms with van der Waals surface area (Å²) in [4.78, 5) is 29.2. The van der Waals surface area contributed by atoms with Gasteiger partial charge >= 0.3 is 5.97 Å². The van der Waals surface area contributed by atoms with E-state index in [1.165, 1.54) is 6.07 Å². The molecule has 0 radical (unpaired) electrons. The van der Waals surface area contributed by atoms with E-state index in [9.17, 15) is 18.5 Å². The second-order valence-corrected chi connectivity index (χ2v) is 6.41. The molecule has 0 spiro atoms. The van der Waals surface area contributed by atoms with Crippen molar-refractivity contribution in [2.75, 3.05) is 31.1 Å². The Morgan fingerprint density at radius 1 is 1.22 bits per heavy atom. The summed E-state index contributed by atoms with van der Waals surface area (Å²) < 4.78 is 28.3. The smallest absolute Gasteiger partial charge is 0.344 e. The van der Waals surface area contributed by atoms with Gasteiger partial charge in [-0.05, 0) is 31.2 Å². The monoisotopic (exact) mass is 374 g/mol. The van der Waals surface area contributed by atoms with Gasteiger partial charge in [0.15, 0.2) is 11.2 Å². The van der Waals surface area contributed by atoms with Crippen molar-refractivity contribution in [1.29, 1.82) is 0 Å². The molecule has 2 N–H and O–H groups in total. The van der Waals surface area contributed by atoms with E-state index in [0.717, 1.165) is 38.3 Å². The molecule has 1 aliphatic rings. The van der Waals surface area contributed by atoms with Crippen LogP contribution in [0.4, 0.5) is 14.6 Å². The van der Waals surface area contributed by atoms with Crippen LogP contribution < -0.4 is 15.6 Å². The molecule has 1 aliphatic heterocycles. The van der Waals surface area contributed by atoms with Crippen LogP contribution >= 0.6 is 0 Å². The average molecular weight is 374 g/mol. The molecule has 1 aromatic carbocycles. The summed E-state index contributed by atoms with van der Waals surface area (Å²) in [5.41, 5.74) is -1.58. The number of aromatic carboxylic acids is 1. The number of hydrogen-bond donors (Lipinski definition) is 2. The van der Waals surface area contributed by atoms with Crippen LogP contribution in [-0.4, -0.2) is 47.0 Å². The lowest BCUT2D eigenvalue weighted by Crippen LogP contribution is -2.27. The topological polar surface area (TPSA) is 87.5 Å². The second kappa shape index (κ2) is 6.58. The van der Waals surface area contributed by atoms with E-state index in [4.69, 9.17) is 5.11 Å². The number of halogens is 2. The predicted molar refractivity (Wildman–Crippen MR) is 96.6 cm³/mol. The van der Waals surface area contributed by atoms with E-state index in [0.29, 0.717) is 10.9 Å². The molecular formula is C18H16F2N4O3. The molecule has 3 aromatic rings. The Morgan fingerprint density at radius 3 is 2.81 bits per heavy atom. The molecule has 7 nitrogen and oxygen atoms in total. The summed E-state index contributed by atoms with van der Waals surface area (Å²) in [7, 11) is 0. The molecule has 0 atom stereocenters. The van der Waals surface area contributed by atoms with E-state index in [1.54, 1.807) is 12.1 Å². The van der Waals surface area contributed by atoms with Crippen molar-refractivity contribution in [3.05, 3.63) is 46.0 Å². The van der Waals surface area contributed by atoms with Crippen LogP contribution in [0.25, 0.3) is 21.9 Å². The Labute approximate surface area is 151 Å². The standard InChI is InChI=1S/C18H16F2N4O3/c19-16-14(18(26)27)15(25)12-8-10-2-3-11(23-6-1-4-21-5-7-23)9-13(10)22-17(12)24(16)20/h2-3,8-9,21H,1,4-7H2,(H,26,27). The molecule has 4 rings (SSSR count). The molecule has 1 saturated heterocycles. The van der Waals surface area contributed by atoms with Crippen molar-refractivity contribution in [2.24, 2.45) is 0 Å². The highest BCUT2D eigenvalue weighted by Gasteiger charge is 2.24. The van der Waals surface area contributed by atoms with Crippen molar-refractivity contribution < 1.29 is 18.8 Å². The van der Waals surface area contributed by atoms with Gasteiger partial charge in [-0.25, -0.2) is 9.78 Å². The fourth-order valence-electron chi connectivity index (χ4n) is 3.37. The maximum Gasteiger partial charge on any atom is 0.344 e. The highest BCUT2D eigenvalue weighted by molar-refractivity contribution is 5.96. The van der Waals surface area contributed by atoms with Crippen LogP contribution in [0.5, 0.6) is 0 Å². The number of carboxylic acid groups (broad SMARTS) is 1. The molecule has 0 amide bonds. The molecule has 9 heteroatoms. The van der Waals surface area contributed by atoms with Crippen LogP contribution in [0.15, 0.2) is 29.1 Å². The number of rotatable bonds is 2. The third kappa shape index (κ3) is 2.89. The van der Waals surface area contributed by atoms with Gasteiger partial charge < -0.3 is 15.3 Å². The molecule has 27 heavy (non-hydrogen) atoms. The number of pyridine rings is 2. The van der Waals surface area contributed by atoms with E-state index in [-0.39, 0.29) is 5.39 Å². The summed E-state index contributed by atoms with van der Waals surface area (Å²) in [5.74, 6) is -3.59. The lowest BCUT2D eigenvalue weighted by atomic mass is 10.1. The number of carboxylic acids is 1. The second-order valence-electron chi connectivity index (χ2n) is 6.41. The number of carbonyl (C=O) groups is 1. The van der Waals surface area contributed by atoms with Crippen molar-refractivity contribution in [3.8, 4) is 0 Å². The van der Waals surface area contributed by atoms with Crippen LogP contribution in [0.2, 0.25) is 0 Å². The zero-order valence-corrected chi connectivity index (χ0v) is 14.2.